The topological polar surface area (TPSA) is 148 Å². The molecule has 9 nitrogen and oxygen atoms in total. The lowest BCUT2D eigenvalue weighted by molar-refractivity contribution is -0.384. The van der Waals surface area contributed by atoms with E-state index in [1.807, 2.05) is 0 Å². The van der Waals surface area contributed by atoms with Crippen molar-refractivity contribution < 1.29 is 18.4 Å². The van der Waals surface area contributed by atoms with Gasteiger partial charge in [-0.2, -0.15) is 0 Å². The fourth-order valence-electron chi connectivity index (χ4n) is 1.19. The molecule has 4 N–H and O–H groups in total. The maximum atomic E-state index is 12.0. The molecule has 0 saturated heterocycles. The Balaban J connectivity index is 3.23. The number of sulfonamides is 1. The van der Waals surface area contributed by atoms with Crippen molar-refractivity contribution in [2.75, 3.05) is 12.3 Å². The van der Waals surface area contributed by atoms with Gasteiger partial charge in [-0.1, -0.05) is 0 Å². The molecule has 0 fully saturated rings. The van der Waals surface area contributed by atoms with E-state index < -0.39 is 37.7 Å². The fraction of sp³-hybridized carbons (Fsp3) is 0.444. The summed E-state index contributed by atoms with van der Waals surface area (Å²) in [5, 5.41) is 19.7. The van der Waals surface area contributed by atoms with Crippen molar-refractivity contribution in [1.29, 1.82) is 0 Å². The highest BCUT2D eigenvalue weighted by molar-refractivity contribution is 7.89. The summed E-state index contributed by atoms with van der Waals surface area (Å²) in [7, 11) is -4.04. The van der Waals surface area contributed by atoms with Crippen LogP contribution in [0.15, 0.2) is 17.2 Å². The van der Waals surface area contributed by atoms with Crippen LogP contribution in [0.1, 0.15) is 13.8 Å². The van der Waals surface area contributed by atoms with E-state index in [0.717, 1.165) is 12.3 Å². The highest BCUT2D eigenvalue weighted by Gasteiger charge is 2.27. The zero-order valence-electron chi connectivity index (χ0n) is 10.3. The van der Waals surface area contributed by atoms with Crippen LogP contribution >= 0.6 is 0 Å². The number of nitrogens with one attached hydrogen (secondary N) is 1. The first kappa shape index (κ1) is 15.3. The molecule has 0 bridgehead atoms. The molecule has 1 aromatic rings. The number of aromatic nitrogens is 1. The number of nitrogen functional groups attached to an aromatic ring is 1. The molecule has 0 amide bonds. The molecule has 0 aliphatic heterocycles. The van der Waals surface area contributed by atoms with E-state index in [1.165, 1.54) is 13.8 Å². The molecular weight excluding hydrogens is 276 g/mol. The van der Waals surface area contributed by atoms with Gasteiger partial charge in [-0.3, -0.25) is 10.1 Å². The molecule has 0 saturated carbocycles. The van der Waals surface area contributed by atoms with Gasteiger partial charge in [0.2, 0.25) is 15.8 Å². The Kier molecular flexibility index (Phi) is 4.08. The number of aliphatic hydroxyl groups is 1. The Hall–Kier alpha value is -1.78. The molecule has 1 rings (SSSR count). The number of anilines is 1. The van der Waals surface area contributed by atoms with Gasteiger partial charge in [0.15, 0.2) is 0 Å². The maximum absolute atomic E-state index is 12.0. The number of nitrogens with two attached hydrogens (primary N) is 1. The van der Waals surface area contributed by atoms with Crippen LogP contribution in [0, 0.1) is 10.1 Å². The van der Waals surface area contributed by atoms with Gasteiger partial charge in [0.05, 0.1) is 17.1 Å². The van der Waals surface area contributed by atoms with Gasteiger partial charge in [-0.25, -0.2) is 18.1 Å². The van der Waals surface area contributed by atoms with E-state index >= 15 is 0 Å². The van der Waals surface area contributed by atoms with E-state index in [9.17, 15) is 18.5 Å². The minimum absolute atomic E-state index is 0.370. The first-order valence-electron chi connectivity index (χ1n) is 5.14. The number of nitro groups is 1. The van der Waals surface area contributed by atoms with Crippen molar-refractivity contribution in [2.45, 2.75) is 24.3 Å². The number of hydrogen-bond donors (Lipinski definition) is 3. The number of hydrogen-bond acceptors (Lipinski definition) is 7. The molecule has 19 heavy (non-hydrogen) atoms. The third-order valence-corrected chi connectivity index (χ3v) is 3.85. The average Bonchev–Trinajstić information content (AvgIpc) is 2.27. The summed E-state index contributed by atoms with van der Waals surface area (Å²) < 4.78 is 26.1. The second-order valence-corrected chi connectivity index (χ2v) is 6.16. The van der Waals surface area contributed by atoms with Gasteiger partial charge < -0.3 is 10.8 Å². The summed E-state index contributed by atoms with van der Waals surface area (Å²) in [4.78, 5) is 12.9. The largest absolute Gasteiger partial charge is 0.394 e. The molecule has 0 radical (unpaired) electrons. The van der Waals surface area contributed by atoms with Crippen LogP contribution in [0.4, 0.5) is 11.5 Å². The third kappa shape index (κ3) is 3.59. The standard InChI is InChI=1S/C9H14N4O5S/c1-9(2,5-14)12-19(17,18)6-3-7(13(15)16)8(10)11-4-6/h3-4,12,14H,5H2,1-2H3,(H2,10,11). The van der Waals surface area contributed by atoms with Crippen LogP contribution in [0.3, 0.4) is 0 Å². The van der Waals surface area contributed by atoms with Gasteiger partial charge >= 0.3 is 5.69 Å². The van der Waals surface area contributed by atoms with E-state index in [1.54, 1.807) is 0 Å². The van der Waals surface area contributed by atoms with Gasteiger partial charge in [0.25, 0.3) is 0 Å². The Labute approximate surface area is 109 Å². The molecule has 0 aromatic carbocycles. The van der Waals surface area contributed by atoms with Crippen molar-refractivity contribution in [3.63, 3.8) is 0 Å². The second kappa shape index (κ2) is 5.07. The Morgan fingerprint density at radius 3 is 2.63 bits per heavy atom. The van der Waals surface area contributed by atoms with Crippen molar-refractivity contribution >= 4 is 21.5 Å². The van der Waals surface area contributed by atoms with Crippen molar-refractivity contribution in [2.24, 2.45) is 0 Å². The number of rotatable bonds is 5. The molecule has 106 valence electrons. The summed E-state index contributed by atoms with van der Waals surface area (Å²) in [6.45, 7) is 2.49. The van der Waals surface area contributed by atoms with Gasteiger partial charge in [-0.05, 0) is 13.8 Å². The normalized spacial score (nSPS) is 12.4. The zero-order chi connectivity index (χ0) is 14.8. The summed E-state index contributed by atoms with van der Waals surface area (Å²) in [5.74, 6) is -0.370. The van der Waals surface area contributed by atoms with E-state index in [-0.39, 0.29) is 5.82 Å². The number of nitrogens with zero attached hydrogens (tertiary/aromatic N) is 2. The zero-order valence-corrected chi connectivity index (χ0v) is 11.1. The predicted octanol–water partition coefficient (Wildman–Crippen LogP) is -0.379. The van der Waals surface area contributed by atoms with E-state index in [2.05, 4.69) is 9.71 Å². The minimum Gasteiger partial charge on any atom is -0.394 e. The minimum atomic E-state index is -4.04. The van der Waals surface area contributed by atoms with Crippen LogP contribution in [-0.4, -0.2) is 35.6 Å². The molecule has 10 heteroatoms. The van der Waals surface area contributed by atoms with Gasteiger partial charge in [0, 0.05) is 12.3 Å². The number of pyridine rings is 1. The molecular formula is C9H14N4O5S. The fourth-order valence-corrected chi connectivity index (χ4v) is 2.56. The lowest BCUT2D eigenvalue weighted by Crippen LogP contribution is -2.46. The smallest absolute Gasteiger partial charge is 0.312 e. The lowest BCUT2D eigenvalue weighted by Gasteiger charge is -2.22. The molecule has 0 spiro atoms. The molecule has 1 heterocycles. The number of aliphatic hydroxyl groups excluding tert-OH is 1. The summed E-state index contributed by atoms with van der Waals surface area (Å²) >= 11 is 0. The van der Waals surface area contributed by atoms with Crippen molar-refractivity contribution in [3.05, 3.63) is 22.4 Å². The third-order valence-electron chi connectivity index (χ3n) is 2.19. The molecule has 0 aliphatic carbocycles. The van der Waals surface area contributed by atoms with Gasteiger partial charge in [-0.15, -0.1) is 0 Å². The maximum Gasteiger partial charge on any atom is 0.312 e. The van der Waals surface area contributed by atoms with Crippen LogP contribution in [0.2, 0.25) is 0 Å². The molecule has 0 unspecified atom stereocenters. The summed E-state index contributed by atoms with van der Waals surface area (Å²) in [5.41, 5.74) is 3.58. The second-order valence-electron chi connectivity index (χ2n) is 4.48. The Morgan fingerprint density at radius 2 is 2.16 bits per heavy atom. The van der Waals surface area contributed by atoms with Crippen molar-refractivity contribution in [3.8, 4) is 0 Å². The van der Waals surface area contributed by atoms with Crippen LogP contribution in [-0.2, 0) is 10.0 Å². The molecule has 0 atom stereocenters. The quantitative estimate of drug-likeness (QED) is 0.494. The lowest BCUT2D eigenvalue weighted by atomic mass is 10.1. The average molecular weight is 290 g/mol. The van der Waals surface area contributed by atoms with E-state index in [4.69, 9.17) is 10.8 Å². The van der Waals surface area contributed by atoms with Crippen molar-refractivity contribution in [1.82, 2.24) is 9.71 Å². The van der Waals surface area contributed by atoms with Crippen LogP contribution < -0.4 is 10.5 Å². The first-order valence-corrected chi connectivity index (χ1v) is 6.62. The van der Waals surface area contributed by atoms with Crippen LogP contribution in [0.5, 0.6) is 0 Å². The highest BCUT2D eigenvalue weighted by Crippen LogP contribution is 2.22. The Bertz CT molecular complexity index is 599. The highest BCUT2D eigenvalue weighted by atomic mass is 32.2. The van der Waals surface area contributed by atoms with Crippen LogP contribution in [0.25, 0.3) is 0 Å². The Morgan fingerprint density at radius 1 is 1.58 bits per heavy atom. The first-order chi connectivity index (χ1) is 8.59. The summed E-state index contributed by atoms with van der Waals surface area (Å²) in [6, 6.07) is 0.818. The summed E-state index contributed by atoms with van der Waals surface area (Å²) in [6.07, 6.45) is 0.915. The van der Waals surface area contributed by atoms with Gasteiger partial charge in [0.1, 0.15) is 4.90 Å². The SMILES string of the molecule is CC(C)(CO)NS(=O)(=O)c1cnc(N)c([N+](=O)[O-])c1. The van der Waals surface area contributed by atoms with E-state index in [0.29, 0.717) is 0 Å². The molecule has 0 aliphatic rings. The monoisotopic (exact) mass is 290 g/mol. The molecule has 1 aromatic heterocycles. The predicted molar refractivity (Wildman–Crippen MR) is 66.8 cm³/mol.